The van der Waals surface area contributed by atoms with Gasteiger partial charge in [-0.25, -0.2) is 4.79 Å². The zero-order chi connectivity index (χ0) is 12.5. The summed E-state index contributed by atoms with van der Waals surface area (Å²) in [5, 5.41) is 3.06. The largest absolute Gasteiger partial charge is 0.336 e. The van der Waals surface area contributed by atoms with E-state index in [0.29, 0.717) is 6.04 Å². The smallest absolute Gasteiger partial charge is 0.318 e. The number of urea groups is 1. The average molecular weight is 248 g/mol. The average Bonchev–Trinajstić information content (AvgIpc) is 2.54. The fraction of sp³-hybridized carbons (Fsp3) is 0.933. The summed E-state index contributed by atoms with van der Waals surface area (Å²) in [4.78, 5) is 14.5. The van der Waals surface area contributed by atoms with Gasteiger partial charge in [0.1, 0.15) is 0 Å². The molecule has 100 valence electrons. The molecule has 4 bridgehead atoms. The van der Waals surface area contributed by atoms with Crippen LogP contribution in [0.1, 0.15) is 46.0 Å². The number of hydrogen-bond acceptors (Lipinski definition) is 1. The van der Waals surface area contributed by atoms with Gasteiger partial charge in [0.2, 0.25) is 0 Å². The summed E-state index contributed by atoms with van der Waals surface area (Å²) in [5.41, 5.74) is 0.0110. The zero-order valence-corrected chi connectivity index (χ0v) is 11.5. The molecule has 4 saturated carbocycles. The molecule has 1 aliphatic heterocycles. The maximum Gasteiger partial charge on any atom is 0.318 e. The third-order valence-corrected chi connectivity index (χ3v) is 6.02. The molecule has 0 aromatic heterocycles. The minimum atomic E-state index is 0.0110. The molecule has 1 heterocycles. The van der Waals surface area contributed by atoms with Crippen LogP contribution >= 0.6 is 0 Å². The minimum absolute atomic E-state index is 0.0110. The van der Waals surface area contributed by atoms with Gasteiger partial charge in [-0.15, -0.1) is 0 Å². The third-order valence-electron chi connectivity index (χ3n) is 6.02. The first-order valence-electron chi connectivity index (χ1n) is 7.62. The summed E-state index contributed by atoms with van der Waals surface area (Å²) in [7, 11) is 0. The van der Waals surface area contributed by atoms with Gasteiger partial charge in [0.25, 0.3) is 0 Å². The van der Waals surface area contributed by atoms with E-state index in [4.69, 9.17) is 0 Å². The lowest BCUT2D eigenvalue weighted by Crippen LogP contribution is -2.60. The molecule has 3 nitrogen and oxygen atoms in total. The Labute approximate surface area is 109 Å². The van der Waals surface area contributed by atoms with Gasteiger partial charge in [0, 0.05) is 12.6 Å². The van der Waals surface area contributed by atoms with Gasteiger partial charge < -0.3 is 10.2 Å². The monoisotopic (exact) mass is 248 g/mol. The minimum Gasteiger partial charge on any atom is -0.336 e. The Morgan fingerprint density at radius 2 is 1.61 bits per heavy atom. The quantitative estimate of drug-likeness (QED) is 0.760. The molecule has 0 aromatic carbocycles. The third kappa shape index (κ3) is 1.39. The van der Waals surface area contributed by atoms with Crippen LogP contribution in [0.5, 0.6) is 0 Å². The first-order chi connectivity index (χ1) is 8.54. The summed E-state index contributed by atoms with van der Waals surface area (Å²) >= 11 is 0. The first kappa shape index (κ1) is 11.1. The van der Waals surface area contributed by atoms with Gasteiger partial charge in [-0.3, -0.25) is 0 Å². The van der Waals surface area contributed by atoms with E-state index in [9.17, 15) is 4.79 Å². The highest BCUT2D eigenvalue weighted by Gasteiger charge is 2.54. The number of carbonyl (C=O) groups is 1. The fourth-order valence-corrected chi connectivity index (χ4v) is 5.59. The summed E-state index contributed by atoms with van der Waals surface area (Å²) in [5.74, 6) is 3.56. The Kier molecular flexibility index (Phi) is 2.12. The Balaban J connectivity index is 1.67. The van der Waals surface area contributed by atoms with Crippen LogP contribution in [-0.4, -0.2) is 29.1 Å². The van der Waals surface area contributed by atoms with Crippen LogP contribution in [0.4, 0.5) is 4.79 Å². The second-order valence-corrected chi connectivity index (χ2v) is 7.76. The molecule has 0 spiro atoms. The number of nitrogens with one attached hydrogen (secondary N) is 1. The van der Waals surface area contributed by atoms with Crippen molar-refractivity contribution in [2.75, 3.05) is 6.54 Å². The molecule has 1 saturated heterocycles. The van der Waals surface area contributed by atoms with Crippen molar-refractivity contribution < 1.29 is 4.79 Å². The van der Waals surface area contributed by atoms with Crippen molar-refractivity contribution in [3.8, 4) is 0 Å². The van der Waals surface area contributed by atoms with E-state index in [0.717, 1.165) is 30.2 Å². The second kappa shape index (κ2) is 3.43. The number of rotatable bonds is 1. The Morgan fingerprint density at radius 1 is 1.06 bits per heavy atom. The molecular formula is C15H24N2O. The SMILES string of the molecule is CC1(C)CNC(=O)N1C1C2CC3CC(C2)CC1C3. The topological polar surface area (TPSA) is 32.3 Å². The van der Waals surface area contributed by atoms with Crippen molar-refractivity contribution in [2.24, 2.45) is 23.7 Å². The molecule has 2 amide bonds. The molecule has 1 N–H and O–H groups in total. The van der Waals surface area contributed by atoms with Crippen LogP contribution in [0, 0.1) is 23.7 Å². The van der Waals surface area contributed by atoms with Crippen molar-refractivity contribution >= 4 is 6.03 Å². The summed E-state index contributed by atoms with van der Waals surface area (Å²) in [6.07, 6.45) is 7.03. The van der Waals surface area contributed by atoms with Crippen LogP contribution in [0.3, 0.4) is 0 Å². The van der Waals surface area contributed by atoms with Gasteiger partial charge in [0.05, 0.1) is 5.54 Å². The van der Waals surface area contributed by atoms with E-state index < -0.39 is 0 Å². The lowest BCUT2D eigenvalue weighted by Gasteiger charge is -2.58. The zero-order valence-electron chi connectivity index (χ0n) is 11.5. The Morgan fingerprint density at radius 3 is 2.06 bits per heavy atom. The molecular weight excluding hydrogens is 224 g/mol. The van der Waals surface area contributed by atoms with Gasteiger partial charge in [0.15, 0.2) is 0 Å². The predicted octanol–water partition coefficient (Wildman–Crippen LogP) is 2.61. The number of carbonyl (C=O) groups excluding carboxylic acids is 1. The van der Waals surface area contributed by atoms with Crippen molar-refractivity contribution in [3.05, 3.63) is 0 Å². The molecule has 0 aromatic rings. The van der Waals surface area contributed by atoms with Crippen molar-refractivity contribution in [1.29, 1.82) is 0 Å². The molecule has 5 rings (SSSR count). The van der Waals surface area contributed by atoms with E-state index in [1.807, 2.05) is 0 Å². The maximum atomic E-state index is 12.2. The maximum absolute atomic E-state index is 12.2. The summed E-state index contributed by atoms with van der Waals surface area (Å²) in [6.45, 7) is 5.25. The highest BCUT2D eigenvalue weighted by atomic mass is 16.2. The van der Waals surface area contributed by atoms with E-state index in [-0.39, 0.29) is 11.6 Å². The Bertz CT molecular complexity index is 362. The second-order valence-electron chi connectivity index (χ2n) is 7.76. The first-order valence-corrected chi connectivity index (χ1v) is 7.62. The van der Waals surface area contributed by atoms with E-state index >= 15 is 0 Å². The van der Waals surface area contributed by atoms with Gasteiger partial charge in [-0.2, -0.15) is 0 Å². The number of hydrogen-bond donors (Lipinski definition) is 1. The normalized spacial score (nSPS) is 48.7. The van der Waals surface area contributed by atoms with Crippen molar-refractivity contribution in [1.82, 2.24) is 10.2 Å². The van der Waals surface area contributed by atoms with Gasteiger partial charge in [-0.05, 0) is 69.6 Å². The lowest BCUT2D eigenvalue weighted by atomic mass is 9.53. The van der Waals surface area contributed by atoms with Crippen molar-refractivity contribution in [3.63, 3.8) is 0 Å². The fourth-order valence-electron chi connectivity index (χ4n) is 5.59. The van der Waals surface area contributed by atoms with Crippen LogP contribution < -0.4 is 5.32 Å². The van der Waals surface area contributed by atoms with Crippen LogP contribution in [0.15, 0.2) is 0 Å². The highest BCUT2D eigenvalue weighted by Crippen LogP contribution is 2.56. The lowest BCUT2D eigenvalue weighted by molar-refractivity contribution is -0.0660. The molecule has 0 atom stereocenters. The van der Waals surface area contributed by atoms with E-state index in [2.05, 4.69) is 24.1 Å². The van der Waals surface area contributed by atoms with Crippen molar-refractivity contribution in [2.45, 2.75) is 57.5 Å². The molecule has 5 aliphatic rings. The molecule has 0 unspecified atom stereocenters. The summed E-state index contributed by atoms with van der Waals surface area (Å²) < 4.78 is 0. The van der Waals surface area contributed by atoms with Crippen LogP contribution in [0.25, 0.3) is 0 Å². The predicted molar refractivity (Wildman–Crippen MR) is 70.1 cm³/mol. The summed E-state index contributed by atoms with van der Waals surface area (Å²) in [6, 6.07) is 0.729. The van der Waals surface area contributed by atoms with E-state index in [1.165, 1.54) is 32.1 Å². The van der Waals surface area contributed by atoms with E-state index in [1.54, 1.807) is 0 Å². The number of amides is 2. The highest BCUT2D eigenvalue weighted by molar-refractivity contribution is 5.78. The molecule has 3 heteroatoms. The molecule has 0 radical (unpaired) electrons. The standard InChI is InChI=1S/C15H24N2O/c1-15(2)8-16-14(18)17(15)13-11-4-9-3-10(6-11)7-12(13)5-9/h9-13H,3-8H2,1-2H3,(H,16,18). The Hall–Kier alpha value is -0.730. The van der Waals surface area contributed by atoms with Crippen LogP contribution in [0.2, 0.25) is 0 Å². The van der Waals surface area contributed by atoms with Gasteiger partial charge >= 0.3 is 6.03 Å². The molecule has 5 fully saturated rings. The van der Waals surface area contributed by atoms with Crippen LogP contribution in [-0.2, 0) is 0 Å². The molecule has 4 aliphatic carbocycles. The van der Waals surface area contributed by atoms with Gasteiger partial charge in [-0.1, -0.05) is 0 Å². The number of nitrogens with zero attached hydrogens (tertiary/aromatic N) is 1. The molecule has 18 heavy (non-hydrogen) atoms.